The van der Waals surface area contributed by atoms with Gasteiger partial charge in [0.25, 0.3) is 0 Å². The van der Waals surface area contributed by atoms with Crippen LogP contribution in [0.3, 0.4) is 0 Å². The van der Waals surface area contributed by atoms with Gasteiger partial charge in [-0.15, -0.1) is 0 Å². The highest BCUT2D eigenvalue weighted by molar-refractivity contribution is 6.08. The van der Waals surface area contributed by atoms with E-state index in [1.807, 2.05) is 6.07 Å². The summed E-state index contributed by atoms with van der Waals surface area (Å²) in [5, 5.41) is 2.45. The fourth-order valence-corrected chi connectivity index (χ4v) is 3.89. The molecule has 0 atom stereocenters. The standard InChI is InChI=1S/C21H16O/c1-12-6-5-8-14-16(12)10-17-13(2)21-19(11-18(14)17)15-7-3-4-9-20(15)22-21/h3-9,11H,10H2,1-2H3. The molecule has 0 unspecified atom stereocenters. The van der Waals surface area contributed by atoms with Crippen LogP contribution in [0, 0.1) is 13.8 Å². The van der Waals surface area contributed by atoms with Gasteiger partial charge < -0.3 is 4.42 Å². The zero-order valence-corrected chi connectivity index (χ0v) is 12.7. The predicted molar refractivity (Wildman–Crippen MR) is 91.4 cm³/mol. The molecule has 0 saturated carbocycles. The van der Waals surface area contributed by atoms with E-state index in [9.17, 15) is 0 Å². The highest BCUT2D eigenvalue weighted by Crippen LogP contribution is 2.44. The highest BCUT2D eigenvalue weighted by Gasteiger charge is 2.24. The molecule has 0 aliphatic heterocycles. The first kappa shape index (κ1) is 12.0. The molecule has 1 heteroatoms. The normalized spacial score (nSPS) is 12.8. The molecule has 0 spiro atoms. The van der Waals surface area contributed by atoms with E-state index >= 15 is 0 Å². The Morgan fingerprint density at radius 1 is 0.818 bits per heavy atom. The van der Waals surface area contributed by atoms with Crippen LogP contribution in [-0.2, 0) is 6.42 Å². The third kappa shape index (κ3) is 1.38. The van der Waals surface area contributed by atoms with Crippen LogP contribution in [0.1, 0.15) is 22.3 Å². The van der Waals surface area contributed by atoms with E-state index in [1.165, 1.54) is 44.2 Å². The maximum Gasteiger partial charge on any atom is 0.138 e. The molecular weight excluding hydrogens is 268 g/mol. The van der Waals surface area contributed by atoms with Crippen LogP contribution >= 0.6 is 0 Å². The lowest BCUT2D eigenvalue weighted by Crippen LogP contribution is -1.88. The number of para-hydroxylation sites is 1. The molecule has 0 N–H and O–H groups in total. The molecular formula is C21H16O. The summed E-state index contributed by atoms with van der Waals surface area (Å²) >= 11 is 0. The van der Waals surface area contributed by atoms with Crippen LogP contribution in [0.15, 0.2) is 52.9 Å². The second kappa shape index (κ2) is 4.01. The predicted octanol–water partition coefficient (Wildman–Crippen LogP) is 5.77. The first-order valence-electron chi connectivity index (χ1n) is 7.76. The number of hydrogen-bond donors (Lipinski definition) is 0. The first-order valence-corrected chi connectivity index (χ1v) is 7.76. The first-order chi connectivity index (χ1) is 10.7. The molecule has 1 nitrogen and oxygen atoms in total. The van der Waals surface area contributed by atoms with E-state index < -0.39 is 0 Å². The Bertz CT molecular complexity index is 1070. The minimum atomic E-state index is 0.980. The monoisotopic (exact) mass is 284 g/mol. The second-order valence-corrected chi connectivity index (χ2v) is 6.28. The zero-order valence-electron chi connectivity index (χ0n) is 12.7. The summed E-state index contributed by atoms with van der Waals surface area (Å²) in [7, 11) is 0. The van der Waals surface area contributed by atoms with Crippen LogP contribution in [-0.4, -0.2) is 0 Å². The minimum absolute atomic E-state index is 0.980. The quantitative estimate of drug-likeness (QED) is 0.351. The van der Waals surface area contributed by atoms with Crippen molar-refractivity contribution in [2.75, 3.05) is 0 Å². The van der Waals surface area contributed by atoms with Crippen molar-refractivity contribution in [2.24, 2.45) is 0 Å². The van der Waals surface area contributed by atoms with Crippen molar-refractivity contribution in [1.82, 2.24) is 0 Å². The molecule has 5 rings (SSSR count). The van der Waals surface area contributed by atoms with E-state index in [2.05, 4.69) is 56.3 Å². The third-order valence-corrected chi connectivity index (χ3v) is 5.09. The number of aryl methyl sites for hydroxylation is 2. The Labute approximate surface area is 129 Å². The van der Waals surface area contributed by atoms with Gasteiger partial charge in [0.15, 0.2) is 0 Å². The average molecular weight is 284 g/mol. The average Bonchev–Trinajstić information content (AvgIpc) is 3.08. The van der Waals surface area contributed by atoms with Crippen molar-refractivity contribution in [3.05, 3.63) is 70.8 Å². The molecule has 1 aliphatic rings. The van der Waals surface area contributed by atoms with Crippen molar-refractivity contribution in [1.29, 1.82) is 0 Å². The van der Waals surface area contributed by atoms with Gasteiger partial charge >= 0.3 is 0 Å². The van der Waals surface area contributed by atoms with E-state index in [4.69, 9.17) is 4.42 Å². The molecule has 0 bridgehead atoms. The van der Waals surface area contributed by atoms with Crippen LogP contribution in [0.4, 0.5) is 0 Å². The maximum absolute atomic E-state index is 6.14. The fraction of sp³-hybridized carbons (Fsp3) is 0.143. The minimum Gasteiger partial charge on any atom is -0.456 e. The molecule has 0 amide bonds. The summed E-state index contributed by atoms with van der Waals surface area (Å²) in [4.78, 5) is 0. The summed E-state index contributed by atoms with van der Waals surface area (Å²) < 4.78 is 6.14. The Morgan fingerprint density at radius 3 is 2.59 bits per heavy atom. The summed E-state index contributed by atoms with van der Waals surface area (Å²) in [5.41, 5.74) is 10.4. The van der Waals surface area contributed by atoms with Gasteiger partial charge in [-0.1, -0.05) is 36.4 Å². The number of benzene rings is 3. The van der Waals surface area contributed by atoms with Crippen LogP contribution in [0.5, 0.6) is 0 Å². The molecule has 0 fully saturated rings. The van der Waals surface area contributed by atoms with E-state index in [-0.39, 0.29) is 0 Å². The summed E-state index contributed by atoms with van der Waals surface area (Å²) in [5.74, 6) is 0. The van der Waals surface area contributed by atoms with Gasteiger partial charge in [-0.3, -0.25) is 0 Å². The van der Waals surface area contributed by atoms with Gasteiger partial charge in [-0.2, -0.15) is 0 Å². The van der Waals surface area contributed by atoms with Gasteiger partial charge in [0, 0.05) is 10.8 Å². The molecule has 106 valence electrons. The largest absolute Gasteiger partial charge is 0.456 e. The zero-order chi connectivity index (χ0) is 14.8. The number of rotatable bonds is 0. The summed E-state index contributed by atoms with van der Waals surface area (Å²) in [6.45, 7) is 4.41. The summed E-state index contributed by atoms with van der Waals surface area (Å²) in [6, 6.07) is 17.3. The molecule has 1 heterocycles. The molecule has 0 saturated heterocycles. The Kier molecular flexibility index (Phi) is 2.20. The highest BCUT2D eigenvalue weighted by atomic mass is 16.3. The number of fused-ring (bicyclic) bond motifs is 6. The SMILES string of the molecule is Cc1cccc2c1Cc1c-2cc2c(oc3ccccc32)c1C. The van der Waals surface area contributed by atoms with Crippen LogP contribution in [0.2, 0.25) is 0 Å². The van der Waals surface area contributed by atoms with E-state index in [1.54, 1.807) is 0 Å². The van der Waals surface area contributed by atoms with Crippen molar-refractivity contribution in [3.8, 4) is 11.1 Å². The van der Waals surface area contributed by atoms with Gasteiger partial charge in [0.2, 0.25) is 0 Å². The Morgan fingerprint density at radius 2 is 1.68 bits per heavy atom. The number of furan rings is 1. The Hall–Kier alpha value is -2.54. The molecule has 4 aromatic rings. The molecule has 1 aliphatic carbocycles. The van der Waals surface area contributed by atoms with Crippen molar-refractivity contribution in [2.45, 2.75) is 20.3 Å². The van der Waals surface area contributed by atoms with Crippen molar-refractivity contribution in [3.63, 3.8) is 0 Å². The third-order valence-electron chi connectivity index (χ3n) is 5.09. The number of hydrogen-bond acceptors (Lipinski definition) is 1. The topological polar surface area (TPSA) is 13.1 Å². The van der Waals surface area contributed by atoms with Crippen molar-refractivity contribution >= 4 is 21.9 Å². The van der Waals surface area contributed by atoms with Gasteiger partial charge in [0.1, 0.15) is 11.2 Å². The molecule has 3 aromatic carbocycles. The van der Waals surface area contributed by atoms with Gasteiger partial charge in [-0.05, 0) is 65.8 Å². The van der Waals surface area contributed by atoms with Crippen LogP contribution in [0.25, 0.3) is 33.1 Å². The molecule has 1 aromatic heterocycles. The molecule has 22 heavy (non-hydrogen) atoms. The maximum atomic E-state index is 6.14. The van der Waals surface area contributed by atoms with E-state index in [0.717, 1.165) is 17.6 Å². The van der Waals surface area contributed by atoms with E-state index in [0.29, 0.717) is 0 Å². The lowest BCUT2D eigenvalue weighted by molar-refractivity contribution is 0.665. The van der Waals surface area contributed by atoms with Gasteiger partial charge in [-0.25, -0.2) is 0 Å². The summed E-state index contributed by atoms with van der Waals surface area (Å²) in [6.07, 6.45) is 1.02. The van der Waals surface area contributed by atoms with Crippen molar-refractivity contribution < 1.29 is 4.42 Å². The van der Waals surface area contributed by atoms with Crippen LogP contribution < -0.4 is 0 Å². The lowest BCUT2D eigenvalue weighted by Gasteiger charge is -2.05. The smallest absolute Gasteiger partial charge is 0.138 e. The van der Waals surface area contributed by atoms with Gasteiger partial charge in [0.05, 0.1) is 0 Å². The fourth-order valence-electron chi connectivity index (χ4n) is 3.89. The molecule has 0 radical (unpaired) electrons. The lowest BCUT2D eigenvalue weighted by atomic mass is 9.98. The second-order valence-electron chi connectivity index (χ2n) is 6.28. The Balaban J connectivity index is 1.94.